The quantitative estimate of drug-likeness (QED) is 0.646. The summed E-state index contributed by atoms with van der Waals surface area (Å²) < 4.78 is 5.13. The van der Waals surface area contributed by atoms with Crippen LogP contribution in [0.5, 0.6) is 0 Å². The number of ether oxygens (including phenoxy) is 1. The van der Waals surface area contributed by atoms with Gasteiger partial charge in [0.15, 0.2) is 5.41 Å². The number of piperidine rings is 2. The van der Waals surface area contributed by atoms with Crippen molar-refractivity contribution >= 4 is 18.0 Å². The molecule has 0 spiro atoms. The summed E-state index contributed by atoms with van der Waals surface area (Å²) in [5, 5.41) is 21.5. The van der Waals surface area contributed by atoms with E-state index in [0.29, 0.717) is 13.0 Å². The van der Waals surface area contributed by atoms with Crippen molar-refractivity contribution in [1.29, 1.82) is 0 Å². The van der Waals surface area contributed by atoms with Crippen LogP contribution in [0.25, 0.3) is 0 Å². The first-order valence-electron chi connectivity index (χ1n) is 8.74. The number of likely N-dealkylation sites (tertiary alicyclic amines) is 1. The predicted molar refractivity (Wildman–Crippen MR) is 91.5 cm³/mol. The first kappa shape index (κ1) is 21.2. The smallest absolute Gasteiger partial charge is 0.410 e. The summed E-state index contributed by atoms with van der Waals surface area (Å²) >= 11 is 0. The van der Waals surface area contributed by atoms with Crippen LogP contribution < -0.4 is 5.32 Å². The highest BCUT2D eigenvalue weighted by Crippen LogP contribution is 2.31. The van der Waals surface area contributed by atoms with E-state index in [0.717, 1.165) is 4.90 Å². The van der Waals surface area contributed by atoms with Gasteiger partial charge in [0.25, 0.3) is 0 Å². The van der Waals surface area contributed by atoms with E-state index in [2.05, 4.69) is 5.32 Å². The Balaban J connectivity index is 0.000000435. The van der Waals surface area contributed by atoms with Gasteiger partial charge >= 0.3 is 18.0 Å². The van der Waals surface area contributed by atoms with Crippen molar-refractivity contribution in [2.24, 2.45) is 5.41 Å². The third-order valence-electron chi connectivity index (χ3n) is 4.17. The van der Waals surface area contributed by atoms with Gasteiger partial charge in [-0.25, -0.2) is 4.79 Å². The van der Waals surface area contributed by atoms with Gasteiger partial charge < -0.3 is 25.2 Å². The van der Waals surface area contributed by atoms with Crippen LogP contribution >= 0.6 is 0 Å². The molecule has 2 saturated heterocycles. The molecule has 2 aliphatic rings. The van der Waals surface area contributed by atoms with E-state index in [-0.39, 0.29) is 13.0 Å². The number of carbonyl (C=O) groups is 3. The number of rotatable bonds is 2. The molecule has 8 heteroatoms. The average molecular weight is 358 g/mol. The van der Waals surface area contributed by atoms with Crippen molar-refractivity contribution in [1.82, 2.24) is 10.2 Å². The minimum Gasteiger partial charge on any atom is -0.480 e. The second kappa shape index (κ2) is 9.03. The second-order valence-corrected chi connectivity index (χ2v) is 7.51. The van der Waals surface area contributed by atoms with Crippen LogP contribution in [0.4, 0.5) is 4.79 Å². The maximum Gasteiger partial charge on any atom is 0.410 e. The summed E-state index contributed by atoms with van der Waals surface area (Å²) in [7, 11) is 0. The molecule has 0 aliphatic carbocycles. The Bertz CT molecular complexity index is 457. The SMILES string of the molecule is C1CCNCC1.CC(C)(C)OC(=O)N1CCCC(C(=O)O)(C(=O)O)C1. The largest absolute Gasteiger partial charge is 0.480 e. The van der Waals surface area contributed by atoms with Gasteiger partial charge in [0.1, 0.15) is 5.60 Å². The van der Waals surface area contributed by atoms with E-state index < -0.39 is 29.0 Å². The zero-order valence-electron chi connectivity index (χ0n) is 15.3. The number of hydrogen-bond acceptors (Lipinski definition) is 5. The standard InChI is InChI=1S/C12H19NO6.C5H11N/c1-11(2,3)19-10(18)13-6-4-5-12(7-13,8(14)15)9(16)17;1-2-4-6-5-3-1/h4-7H2,1-3H3,(H,14,15)(H,16,17);6H,1-5H2. The summed E-state index contributed by atoms with van der Waals surface area (Å²) in [6.07, 6.45) is 3.86. The van der Waals surface area contributed by atoms with Crippen LogP contribution in [0, 0.1) is 5.41 Å². The van der Waals surface area contributed by atoms with Gasteiger partial charge in [0.05, 0.1) is 6.54 Å². The number of carboxylic acids is 2. The lowest BCUT2D eigenvalue weighted by atomic mass is 9.80. The topological polar surface area (TPSA) is 116 Å². The summed E-state index contributed by atoms with van der Waals surface area (Å²) in [4.78, 5) is 35.4. The first-order valence-corrected chi connectivity index (χ1v) is 8.74. The number of amides is 1. The Labute approximate surface area is 148 Å². The molecule has 0 aromatic heterocycles. The number of carboxylic acid groups (broad SMARTS) is 2. The van der Waals surface area contributed by atoms with Crippen LogP contribution in [0.1, 0.15) is 52.9 Å². The lowest BCUT2D eigenvalue weighted by Crippen LogP contribution is -2.54. The van der Waals surface area contributed by atoms with Crippen LogP contribution in [-0.4, -0.2) is 64.9 Å². The molecule has 2 aliphatic heterocycles. The predicted octanol–water partition coefficient (Wildman–Crippen LogP) is 1.93. The third kappa shape index (κ3) is 6.53. The van der Waals surface area contributed by atoms with Crippen molar-refractivity contribution in [3.05, 3.63) is 0 Å². The molecule has 0 unspecified atom stereocenters. The summed E-state index contributed by atoms with van der Waals surface area (Å²) in [6, 6.07) is 0. The Hall–Kier alpha value is -1.83. The van der Waals surface area contributed by atoms with Crippen molar-refractivity contribution < 1.29 is 29.3 Å². The number of hydrogen-bond donors (Lipinski definition) is 3. The highest BCUT2D eigenvalue weighted by Gasteiger charge is 2.51. The molecule has 1 amide bonds. The number of aliphatic carboxylic acids is 2. The molecule has 0 saturated carbocycles. The highest BCUT2D eigenvalue weighted by atomic mass is 16.6. The summed E-state index contributed by atoms with van der Waals surface area (Å²) in [5.74, 6) is -2.85. The van der Waals surface area contributed by atoms with Gasteiger partial charge in [0, 0.05) is 6.54 Å². The van der Waals surface area contributed by atoms with Gasteiger partial charge in [-0.1, -0.05) is 6.42 Å². The number of carbonyl (C=O) groups excluding carboxylic acids is 1. The minimum absolute atomic E-state index is 0.0109. The molecular weight excluding hydrogens is 328 g/mol. The lowest BCUT2D eigenvalue weighted by Gasteiger charge is -2.37. The molecular formula is C17H30N2O6. The van der Waals surface area contributed by atoms with E-state index >= 15 is 0 Å². The molecule has 0 aromatic carbocycles. The molecule has 2 heterocycles. The maximum absolute atomic E-state index is 11.9. The fraction of sp³-hybridized carbons (Fsp3) is 0.824. The molecule has 144 valence electrons. The number of nitrogens with zero attached hydrogens (tertiary/aromatic N) is 1. The molecule has 0 atom stereocenters. The summed E-state index contributed by atoms with van der Waals surface area (Å²) in [6.45, 7) is 7.51. The van der Waals surface area contributed by atoms with Gasteiger partial charge in [-0.2, -0.15) is 0 Å². The van der Waals surface area contributed by atoms with Crippen LogP contribution in [0.3, 0.4) is 0 Å². The van der Waals surface area contributed by atoms with Gasteiger partial charge in [-0.15, -0.1) is 0 Å². The Kier molecular flexibility index (Phi) is 7.66. The molecule has 0 aromatic rings. The Morgan fingerprint density at radius 1 is 1.00 bits per heavy atom. The van der Waals surface area contributed by atoms with E-state index in [1.165, 1.54) is 32.4 Å². The van der Waals surface area contributed by atoms with Crippen LogP contribution in [0.15, 0.2) is 0 Å². The van der Waals surface area contributed by atoms with Crippen molar-refractivity contribution in [3.8, 4) is 0 Å². The van der Waals surface area contributed by atoms with E-state index in [1.807, 2.05) is 0 Å². The normalized spacial score (nSPS) is 20.0. The fourth-order valence-electron chi connectivity index (χ4n) is 2.78. The van der Waals surface area contributed by atoms with Gasteiger partial charge in [-0.05, 0) is 59.5 Å². The Morgan fingerprint density at radius 2 is 1.56 bits per heavy atom. The highest BCUT2D eigenvalue weighted by molar-refractivity contribution is 5.99. The third-order valence-corrected chi connectivity index (χ3v) is 4.17. The second-order valence-electron chi connectivity index (χ2n) is 7.51. The van der Waals surface area contributed by atoms with E-state index in [1.54, 1.807) is 20.8 Å². The van der Waals surface area contributed by atoms with Crippen LogP contribution in [-0.2, 0) is 14.3 Å². The molecule has 2 fully saturated rings. The van der Waals surface area contributed by atoms with Crippen molar-refractivity contribution in [2.45, 2.75) is 58.5 Å². The fourth-order valence-corrected chi connectivity index (χ4v) is 2.78. The maximum atomic E-state index is 11.9. The molecule has 0 radical (unpaired) electrons. The van der Waals surface area contributed by atoms with E-state index in [4.69, 9.17) is 14.9 Å². The molecule has 0 bridgehead atoms. The minimum atomic E-state index is -1.94. The van der Waals surface area contributed by atoms with Gasteiger partial charge in [-0.3, -0.25) is 9.59 Å². The first-order chi connectivity index (χ1) is 11.6. The van der Waals surface area contributed by atoms with Crippen LogP contribution in [0.2, 0.25) is 0 Å². The molecule has 2 rings (SSSR count). The molecule has 3 N–H and O–H groups in total. The number of nitrogens with one attached hydrogen (secondary N) is 1. The zero-order chi connectivity index (χ0) is 19.1. The van der Waals surface area contributed by atoms with Gasteiger partial charge in [0.2, 0.25) is 0 Å². The van der Waals surface area contributed by atoms with E-state index in [9.17, 15) is 14.4 Å². The monoisotopic (exact) mass is 358 g/mol. The molecule has 25 heavy (non-hydrogen) atoms. The molecule has 8 nitrogen and oxygen atoms in total. The van der Waals surface area contributed by atoms with Crippen molar-refractivity contribution in [3.63, 3.8) is 0 Å². The zero-order valence-corrected chi connectivity index (χ0v) is 15.3. The Morgan fingerprint density at radius 3 is 1.92 bits per heavy atom. The summed E-state index contributed by atoms with van der Waals surface area (Å²) in [5.41, 5.74) is -2.64. The average Bonchev–Trinajstić information content (AvgIpc) is 2.55. The lowest BCUT2D eigenvalue weighted by molar-refractivity contribution is -0.168. The van der Waals surface area contributed by atoms with Crippen molar-refractivity contribution in [2.75, 3.05) is 26.2 Å².